The first kappa shape index (κ1) is 17.1. The van der Waals surface area contributed by atoms with Gasteiger partial charge in [0.2, 0.25) is 0 Å². The molecule has 3 rings (SSSR count). The lowest BCUT2D eigenvalue weighted by molar-refractivity contribution is 0.471. The number of fused-ring (bicyclic) bond motifs is 1. The van der Waals surface area contributed by atoms with Crippen LogP contribution in [-0.2, 0) is 0 Å². The molecule has 0 bridgehead atoms. The third-order valence-corrected chi connectivity index (χ3v) is 4.85. The van der Waals surface area contributed by atoms with E-state index in [-0.39, 0.29) is 0 Å². The number of aryl methyl sites for hydroxylation is 1. The molecule has 0 saturated carbocycles. The maximum absolute atomic E-state index is 6.16. The summed E-state index contributed by atoms with van der Waals surface area (Å²) >= 11 is 6.16. The van der Waals surface area contributed by atoms with Crippen molar-refractivity contribution in [2.45, 2.75) is 45.6 Å². The number of rotatable bonds is 2. The molecular weight excluding hydrogens is 290 g/mol. The van der Waals surface area contributed by atoms with Gasteiger partial charge in [-0.2, -0.15) is 0 Å². The van der Waals surface area contributed by atoms with E-state index < -0.39 is 0 Å². The molecule has 2 atom stereocenters. The summed E-state index contributed by atoms with van der Waals surface area (Å²) in [6, 6.07) is 15.7. The average molecular weight is 316 g/mol. The first-order valence-corrected chi connectivity index (χ1v) is 8.60. The van der Waals surface area contributed by atoms with Crippen molar-refractivity contribution in [3.8, 4) is 0 Å². The molecule has 118 valence electrons. The largest absolute Gasteiger partial charge is 0.313 e. The maximum Gasteiger partial charge on any atom is 0.0435 e. The Balaban J connectivity index is 0.000000847. The highest BCUT2D eigenvalue weighted by Crippen LogP contribution is 2.41. The molecule has 2 aromatic rings. The van der Waals surface area contributed by atoms with Gasteiger partial charge >= 0.3 is 0 Å². The number of hydrogen-bond donors (Lipinski definition) is 1. The molecule has 2 heteroatoms. The molecule has 0 radical (unpaired) electrons. The molecule has 2 aromatic carbocycles. The smallest absolute Gasteiger partial charge is 0.0435 e. The van der Waals surface area contributed by atoms with Crippen molar-refractivity contribution in [2.75, 3.05) is 7.05 Å². The quantitative estimate of drug-likeness (QED) is 0.731. The lowest BCUT2D eigenvalue weighted by Crippen LogP contribution is -2.24. The van der Waals surface area contributed by atoms with Gasteiger partial charge in [-0.3, -0.25) is 0 Å². The third-order valence-electron chi connectivity index (χ3n) is 4.42. The predicted molar refractivity (Wildman–Crippen MR) is 96.9 cm³/mol. The molecule has 0 aliphatic heterocycles. The third kappa shape index (κ3) is 3.37. The standard InChI is InChI=1S/C18H20ClN.C2H6/c1-12-11-13(7-9-17(12)19)14-8-10-18(20-2)16-6-4-3-5-15(14)16;1-2/h3-7,9,11,14,18,20H,8,10H2,1-2H3;1-2H3/t14-,18+;/m0./s1. The van der Waals surface area contributed by atoms with Gasteiger partial charge in [0.05, 0.1) is 0 Å². The molecule has 0 unspecified atom stereocenters. The minimum Gasteiger partial charge on any atom is -0.313 e. The maximum atomic E-state index is 6.16. The van der Waals surface area contributed by atoms with Gasteiger partial charge in [0.15, 0.2) is 0 Å². The highest BCUT2D eigenvalue weighted by Gasteiger charge is 2.27. The van der Waals surface area contributed by atoms with Crippen LogP contribution >= 0.6 is 11.6 Å². The Morgan fingerprint density at radius 2 is 1.68 bits per heavy atom. The van der Waals surface area contributed by atoms with Crippen molar-refractivity contribution in [1.82, 2.24) is 5.32 Å². The lowest BCUT2D eigenvalue weighted by atomic mass is 9.76. The topological polar surface area (TPSA) is 12.0 Å². The van der Waals surface area contributed by atoms with Crippen LogP contribution in [0.5, 0.6) is 0 Å². The summed E-state index contributed by atoms with van der Waals surface area (Å²) in [6.45, 7) is 6.08. The van der Waals surface area contributed by atoms with Gasteiger partial charge in [-0.1, -0.05) is 61.8 Å². The fourth-order valence-corrected chi connectivity index (χ4v) is 3.44. The van der Waals surface area contributed by atoms with E-state index in [9.17, 15) is 0 Å². The molecule has 0 saturated heterocycles. The number of benzene rings is 2. The van der Waals surface area contributed by atoms with Crippen LogP contribution < -0.4 is 5.32 Å². The molecule has 0 fully saturated rings. The van der Waals surface area contributed by atoms with Crippen LogP contribution in [0.4, 0.5) is 0 Å². The number of halogens is 1. The van der Waals surface area contributed by atoms with Crippen LogP contribution in [0.15, 0.2) is 42.5 Å². The molecule has 1 nitrogen and oxygen atoms in total. The highest BCUT2D eigenvalue weighted by molar-refractivity contribution is 6.31. The van der Waals surface area contributed by atoms with Crippen LogP contribution in [0.25, 0.3) is 0 Å². The van der Waals surface area contributed by atoms with Crippen molar-refractivity contribution in [3.63, 3.8) is 0 Å². The van der Waals surface area contributed by atoms with Gasteiger partial charge in [0.25, 0.3) is 0 Å². The SMILES string of the molecule is CC.CN[C@@H]1CC[C@@H](c2ccc(Cl)c(C)c2)c2ccccc21. The van der Waals surface area contributed by atoms with Gasteiger partial charge < -0.3 is 5.32 Å². The van der Waals surface area contributed by atoms with E-state index >= 15 is 0 Å². The molecule has 0 heterocycles. The lowest BCUT2D eigenvalue weighted by Gasteiger charge is -2.32. The zero-order valence-electron chi connectivity index (χ0n) is 14.0. The van der Waals surface area contributed by atoms with Crippen LogP contribution in [0, 0.1) is 6.92 Å². The van der Waals surface area contributed by atoms with Crippen molar-refractivity contribution >= 4 is 11.6 Å². The summed E-state index contributed by atoms with van der Waals surface area (Å²) in [5.74, 6) is 0.492. The van der Waals surface area contributed by atoms with Gasteiger partial charge in [-0.15, -0.1) is 0 Å². The monoisotopic (exact) mass is 315 g/mol. The summed E-state index contributed by atoms with van der Waals surface area (Å²) in [4.78, 5) is 0. The summed E-state index contributed by atoms with van der Waals surface area (Å²) in [5, 5.41) is 4.28. The molecular formula is C20H26ClN. The summed E-state index contributed by atoms with van der Waals surface area (Å²) in [5.41, 5.74) is 5.45. The van der Waals surface area contributed by atoms with E-state index in [0.29, 0.717) is 12.0 Å². The van der Waals surface area contributed by atoms with Gasteiger partial charge in [0, 0.05) is 17.0 Å². The molecule has 0 aromatic heterocycles. The molecule has 0 amide bonds. The van der Waals surface area contributed by atoms with Gasteiger partial charge in [0.1, 0.15) is 0 Å². The van der Waals surface area contributed by atoms with Crippen molar-refractivity contribution in [3.05, 3.63) is 69.7 Å². The van der Waals surface area contributed by atoms with E-state index in [1.807, 2.05) is 27.0 Å². The van der Waals surface area contributed by atoms with Gasteiger partial charge in [-0.25, -0.2) is 0 Å². The second-order valence-corrected chi connectivity index (χ2v) is 6.02. The van der Waals surface area contributed by atoms with Gasteiger partial charge in [-0.05, 0) is 55.1 Å². The fourth-order valence-electron chi connectivity index (χ4n) is 3.32. The Labute approximate surface area is 139 Å². The summed E-state index contributed by atoms with van der Waals surface area (Å²) < 4.78 is 0. The normalized spacial score (nSPS) is 19.9. The first-order chi connectivity index (χ1) is 10.7. The molecule has 1 aliphatic carbocycles. The molecule has 0 spiro atoms. The van der Waals surface area contributed by atoms with Crippen LogP contribution in [0.2, 0.25) is 5.02 Å². The zero-order valence-corrected chi connectivity index (χ0v) is 14.7. The van der Waals surface area contributed by atoms with Crippen LogP contribution in [-0.4, -0.2) is 7.05 Å². The summed E-state index contributed by atoms with van der Waals surface area (Å²) in [6.07, 6.45) is 2.36. The predicted octanol–water partition coefficient (Wildman–Crippen LogP) is 5.86. The Morgan fingerprint density at radius 1 is 1.00 bits per heavy atom. The Bertz CT molecular complexity index is 621. The fraction of sp³-hybridized carbons (Fsp3) is 0.400. The Hall–Kier alpha value is -1.31. The number of nitrogens with one attached hydrogen (secondary N) is 1. The minimum atomic E-state index is 0.482. The van der Waals surface area contributed by atoms with E-state index in [0.717, 1.165) is 10.6 Å². The molecule has 1 N–H and O–H groups in total. The van der Waals surface area contributed by atoms with Crippen molar-refractivity contribution in [1.29, 1.82) is 0 Å². The Morgan fingerprint density at radius 3 is 2.32 bits per heavy atom. The van der Waals surface area contributed by atoms with Crippen LogP contribution in [0.1, 0.15) is 60.9 Å². The molecule has 22 heavy (non-hydrogen) atoms. The second kappa shape index (κ2) is 7.80. The average Bonchev–Trinajstić information content (AvgIpc) is 2.58. The van der Waals surface area contributed by atoms with E-state index in [4.69, 9.17) is 11.6 Å². The van der Waals surface area contributed by atoms with E-state index in [1.165, 1.54) is 29.5 Å². The molecule has 1 aliphatic rings. The van der Waals surface area contributed by atoms with Crippen molar-refractivity contribution < 1.29 is 0 Å². The van der Waals surface area contributed by atoms with E-state index in [1.54, 1.807) is 0 Å². The number of hydrogen-bond acceptors (Lipinski definition) is 1. The Kier molecular flexibility index (Phi) is 6.05. The van der Waals surface area contributed by atoms with Crippen LogP contribution in [0.3, 0.4) is 0 Å². The summed E-state index contributed by atoms with van der Waals surface area (Å²) in [7, 11) is 2.05. The zero-order chi connectivity index (χ0) is 16.1. The first-order valence-electron chi connectivity index (χ1n) is 8.23. The van der Waals surface area contributed by atoms with E-state index in [2.05, 4.69) is 48.6 Å². The second-order valence-electron chi connectivity index (χ2n) is 5.61. The van der Waals surface area contributed by atoms with Crippen molar-refractivity contribution in [2.24, 2.45) is 0 Å². The minimum absolute atomic E-state index is 0.482. The highest BCUT2D eigenvalue weighted by atomic mass is 35.5.